The molecule has 0 radical (unpaired) electrons. The van der Waals surface area contributed by atoms with Gasteiger partial charge in [0.05, 0.1) is 7.11 Å². The number of aryl methyl sites for hydroxylation is 1. The van der Waals surface area contributed by atoms with Crippen molar-refractivity contribution in [3.8, 4) is 5.75 Å². The number of rotatable bonds is 4. The van der Waals surface area contributed by atoms with E-state index in [1.54, 1.807) is 25.6 Å². The predicted octanol–water partition coefficient (Wildman–Crippen LogP) is 2.07. The summed E-state index contributed by atoms with van der Waals surface area (Å²) in [7, 11) is 1.62. The van der Waals surface area contributed by atoms with Gasteiger partial charge in [-0.1, -0.05) is 17.7 Å². The van der Waals surface area contributed by atoms with Gasteiger partial charge in [0.1, 0.15) is 11.9 Å². The number of aliphatic hydroxyl groups is 1. The molecule has 1 atom stereocenters. The number of hydrogen-bond acceptors (Lipinski definition) is 4. The molecule has 0 spiro atoms. The summed E-state index contributed by atoms with van der Waals surface area (Å²) < 4.78 is 5.29. The second-order valence-electron chi connectivity index (χ2n) is 4.14. The Hall–Kier alpha value is -1.94. The van der Waals surface area contributed by atoms with E-state index in [2.05, 4.69) is 9.97 Å². The van der Waals surface area contributed by atoms with E-state index in [0.717, 1.165) is 16.9 Å². The summed E-state index contributed by atoms with van der Waals surface area (Å²) in [6.07, 6.45) is 2.97. The van der Waals surface area contributed by atoms with Crippen LogP contribution in [0.25, 0.3) is 0 Å². The largest absolute Gasteiger partial charge is 0.496 e. The fourth-order valence-corrected chi connectivity index (χ4v) is 1.85. The predicted molar refractivity (Wildman–Crippen MR) is 68.4 cm³/mol. The molecule has 4 heteroatoms. The van der Waals surface area contributed by atoms with Crippen LogP contribution < -0.4 is 4.74 Å². The van der Waals surface area contributed by atoms with E-state index in [-0.39, 0.29) is 0 Å². The van der Waals surface area contributed by atoms with Crippen molar-refractivity contribution in [2.75, 3.05) is 7.11 Å². The summed E-state index contributed by atoms with van der Waals surface area (Å²) in [6.45, 7) is 2.01. The van der Waals surface area contributed by atoms with Crippen molar-refractivity contribution in [2.45, 2.75) is 19.4 Å². The van der Waals surface area contributed by atoms with Gasteiger partial charge >= 0.3 is 0 Å². The molecule has 1 unspecified atom stereocenters. The van der Waals surface area contributed by atoms with Crippen LogP contribution in [0.1, 0.15) is 23.1 Å². The van der Waals surface area contributed by atoms with Crippen molar-refractivity contribution in [1.29, 1.82) is 0 Å². The highest BCUT2D eigenvalue weighted by Crippen LogP contribution is 2.24. The molecule has 0 aliphatic rings. The fraction of sp³-hybridized carbons (Fsp3) is 0.286. The van der Waals surface area contributed by atoms with E-state index in [9.17, 15) is 5.11 Å². The molecule has 0 saturated heterocycles. The van der Waals surface area contributed by atoms with Crippen LogP contribution in [0.2, 0.25) is 0 Å². The van der Waals surface area contributed by atoms with E-state index < -0.39 is 6.10 Å². The summed E-state index contributed by atoms with van der Waals surface area (Å²) in [5.41, 5.74) is 2.09. The first-order chi connectivity index (χ1) is 8.70. The molecule has 0 amide bonds. The van der Waals surface area contributed by atoms with Crippen molar-refractivity contribution in [3.05, 3.63) is 53.6 Å². The Bertz CT molecular complexity index is 514. The van der Waals surface area contributed by atoms with Crippen LogP contribution >= 0.6 is 0 Å². The number of aromatic nitrogens is 2. The lowest BCUT2D eigenvalue weighted by molar-refractivity contribution is 0.167. The van der Waals surface area contributed by atoms with Crippen molar-refractivity contribution in [2.24, 2.45) is 0 Å². The molecule has 2 rings (SSSR count). The van der Waals surface area contributed by atoms with Gasteiger partial charge in [-0.3, -0.25) is 0 Å². The van der Waals surface area contributed by atoms with Gasteiger partial charge in [0, 0.05) is 18.8 Å². The summed E-state index contributed by atoms with van der Waals surface area (Å²) in [5, 5.41) is 10.1. The lowest BCUT2D eigenvalue weighted by Crippen LogP contribution is -2.07. The summed E-state index contributed by atoms with van der Waals surface area (Å²) in [4.78, 5) is 8.10. The SMILES string of the molecule is COc1ccc(C)cc1CC(O)c1ncccn1. The van der Waals surface area contributed by atoms with Crippen LogP contribution in [0.5, 0.6) is 5.75 Å². The average Bonchev–Trinajstić information content (AvgIpc) is 2.40. The molecule has 1 aromatic carbocycles. The maximum Gasteiger partial charge on any atom is 0.157 e. The van der Waals surface area contributed by atoms with Gasteiger partial charge < -0.3 is 9.84 Å². The third-order valence-corrected chi connectivity index (χ3v) is 2.73. The fourth-order valence-electron chi connectivity index (χ4n) is 1.85. The molecule has 0 bridgehead atoms. The summed E-state index contributed by atoms with van der Waals surface area (Å²) >= 11 is 0. The molecule has 18 heavy (non-hydrogen) atoms. The van der Waals surface area contributed by atoms with Gasteiger partial charge in [0.25, 0.3) is 0 Å². The quantitative estimate of drug-likeness (QED) is 0.894. The molecule has 0 aliphatic heterocycles. The Morgan fingerprint density at radius 2 is 2.00 bits per heavy atom. The minimum Gasteiger partial charge on any atom is -0.496 e. The standard InChI is InChI=1S/C14H16N2O2/c1-10-4-5-13(18-2)11(8-10)9-12(17)14-15-6-3-7-16-14/h3-8,12,17H,9H2,1-2H3. The van der Waals surface area contributed by atoms with Crippen molar-refractivity contribution >= 4 is 0 Å². The monoisotopic (exact) mass is 244 g/mol. The maximum atomic E-state index is 10.1. The molecule has 0 fully saturated rings. The number of nitrogens with zero attached hydrogens (tertiary/aromatic N) is 2. The Balaban J connectivity index is 2.21. The van der Waals surface area contributed by atoms with Crippen LogP contribution in [0.4, 0.5) is 0 Å². The van der Waals surface area contributed by atoms with Crippen LogP contribution in [-0.4, -0.2) is 22.2 Å². The molecule has 1 aromatic heterocycles. The highest BCUT2D eigenvalue weighted by atomic mass is 16.5. The number of methoxy groups -OCH3 is 1. The molecule has 1 N–H and O–H groups in total. The average molecular weight is 244 g/mol. The zero-order valence-corrected chi connectivity index (χ0v) is 10.5. The van der Waals surface area contributed by atoms with Crippen LogP contribution in [0.15, 0.2) is 36.7 Å². The van der Waals surface area contributed by atoms with Gasteiger partial charge in [-0.15, -0.1) is 0 Å². The normalized spacial score (nSPS) is 12.2. The van der Waals surface area contributed by atoms with E-state index in [1.165, 1.54) is 0 Å². The maximum absolute atomic E-state index is 10.1. The lowest BCUT2D eigenvalue weighted by Gasteiger charge is -2.13. The highest BCUT2D eigenvalue weighted by Gasteiger charge is 2.14. The topological polar surface area (TPSA) is 55.2 Å². The molecule has 0 aliphatic carbocycles. The van der Waals surface area contributed by atoms with Gasteiger partial charge in [0.2, 0.25) is 0 Å². The minimum atomic E-state index is -0.720. The summed E-state index contributed by atoms with van der Waals surface area (Å²) in [5.74, 6) is 1.21. The Morgan fingerprint density at radius 1 is 1.28 bits per heavy atom. The van der Waals surface area contributed by atoms with E-state index >= 15 is 0 Å². The smallest absolute Gasteiger partial charge is 0.157 e. The van der Waals surface area contributed by atoms with Crippen LogP contribution in [0.3, 0.4) is 0 Å². The molecule has 0 saturated carbocycles. The summed E-state index contributed by atoms with van der Waals surface area (Å²) in [6, 6.07) is 7.62. The molecular weight excluding hydrogens is 228 g/mol. The number of ether oxygens (including phenoxy) is 1. The van der Waals surface area contributed by atoms with Gasteiger partial charge in [0.15, 0.2) is 5.82 Å². The second-order valence-corrected chi connectivity index (χ2v) is 4.14. The third kappa shape index (κ3) is 2.84. The van der Waals surface area contributed by atoms with E-state index in [1.807, 2.05) is 25.1 Å². The molecule has 1 heterocycles. The number of hydrogen-bond donors (Lipinski definition) is 1. The minimum absolute atomic E-state index is 0.432. The number of aliphatic hydroxyl groups excluding tert-OH is 1. The third-order valence-electron chi connectivity index (χ3n) is 2.73. The van der Waals surface area contributed by atoms with Gasteiger partial charge in [-0.25, -0.2) is 9.97 Å². The molecular formula is C14H16N2O2. The highest BCUT2D eigenvalue weighted by molar-refractivity contribution is 5.37. The second kappa shape index (κ2) is 5.60. The van der Waals surface area contributed by atoms with Crippen molar-refractivity contribution in [3.63, 3.8) is 0 Å². The van der Waals surface area contributed by atoms with Gasteiger partial charge in [-0.2, -0.15) is 0 Å². The first-order valence-electron chi connectivity index (χ1n) is 5.79. The van der Waals surface area contributed by atoms with E-state index in [4.69, 9.17) is 4.74 Å². The first kappa shape index (κ1) is 12.5. The lowest BCUT2D eigenvalue weighted by atomic mass is 10.0. The molecule has 2 aromatic rings. The molecule has 4 nitrogen and oxygen atoms in total. The number of benzene rings is 1. The zero-order chi connectivity index (χ0) is 13.0. The van der Waals surface area contributed by atoms with Crippen LogP contribution in [-0.2, 0) is 6.42 Å². The Kier molecular flexibility index (Phi) is 3.89. The first-order valence-corrected chi connectivity index (χ1v) is 5.79. The van der Waals surface area contributed by atoms with Crippen molar-refractivity contribution < 1.29 is 9.84 Å². The van der Waals surface area contributed by atoms with E-state index in [0.29, 0.717) is 12.2 Å². The Morgan fingerprint density at radius 3 is 2.67 bits per heavy atom. The Labute approximate surface area is 106 Å². The van der Waals surface area contributed by atoms with Crippen LogP contribution in [0, 0.1) is 6.92 Å². The van der Waals surface area contributed by atoms with Gasteiger partial charge in [-0.05, 0) is 24.6 Å². The molecule has 94 valence electrons. The van der Waals surface area contributed by atoms with Crippen molar-refractivity contribution in [1.82, 2.24) is 9.97 Å². The zero-order valence-electron chi connectivity index (χ0n) is 10.5.